The Balaban J connectivity index is 1.92. The van der Waals surface area contributed by atoms with E-state index in [2.05, 4.69) is 17.4 Å². The Morgan fingerprint density at radius 2 is 1.95 bits per heavy atom. The zero-order chi connectivity index (χ0) is 14.2. The number of carbonyl (C=O) groups is 1. The summed E-state index contributed by atoms with van der Waals surface area (Å²) in [5, 5.41) is 3.08. The number of aryl methyl sites for hydroxylation is 1. The van der Waals surface area contributed by atoms with Crippen LogP contribution >= 0.6 is 11.6 Å². The minimum Gasteiger partial charge on any atom is -0.326 e. The highest BCUT2D eigenvalue weighted by molar-refractivity contribution is 6.17. The summed E-state index contributed by atoms with van der Waals surface area (Å²) in [5.74, 6) is 1.07. The standard InChI is InChI=1S/C17H24ClNO/c18-12-6-8-14-7-5-11-16(13-14)19-17(20)15-9-3-1-2-4-10-15/h5,7,11,13,15H,1-4,6,8-10,12H2,(H,19,20). The smallest absolute Gasteiger partial charge is 0.227 e. The molecule has 0 atom stereocenters. The summed E-state index contributed by atoms with van der Waals surface area (Å²) in [4.78, 5) is 12.3. The Kier molecular flexibility index (Phi) is 6.38. The number of benzene rings is 1. The van der Waals surface area contributed by atoms with Gasteiger partial charge in [0, 0.05) is 17.5 Å². The first-order chi connectivity index (χ1) is 9.79. The maximum Gasteiger partial charge on any atom is 0.227 e. The quantitative estimate of drug-likeness (QED) is 0.615. The number of rotatable bonds is 5. The molecule has 0 heterocycles. The molecule has 3 heteroatoms. The van der Waals surface area contributed by atoms with Gasteiger partial charge in [0.1, 0.15) is 0 Å². The van der Waals surface area contributed by atoms with Crippen molar-refractivity contribution >= 4 is 23.2 Å². The van der Waals surface area contributed by atoms with Gasteiger partial charge in [-0.1, -0.05) is 37.8 Å². The molecule has 0 aromatic heterocycles. The van der Waals surface area contributed by atoms with E-state index in [1.807, 2.05) is 12.1 Å². The molecule has 2 rings (SSSR count). The molecule has 0 radical (unpaired) electrons. The van der Waals surface area contributed by atoms with Gasteiger partial charge in [-0.2, -0.15) is 0 Å². The lowest BCUT2D eigenvalue weighted by molar-refractivity contribution is -0.120. The third-order valence-electron chi connectivity index (χ3n) is 4.02. The third-order valence-corrected chi connectivity index (χ3v) is 4.29. The van der Waals surface area contributed by atoms with Crippen molar-refractivity contribution in [1.29, 1.82) is 0 Å². The highest BCUT2D eigenvalue weighted by atomic mass is 35.5. The second-order valence-electron chi connectivity index (χ2n) is 5.67. The molecule has 20 heavy (non-hydrogen) atoms. The molecule has 1 fully saturated rings. The fourth-order valence-electron chi connectivity index (χ4n) is 2.86. The molecular formula is C17H24ClNO. The van der Waals surface area contributed by atoms with Crippen molar-refractivity contribution in [3.8, 4) is 0 Å². The van der Waals surface area contributed by atoms with Crippen LogP contribution < -0.4 is 5.32 Å². The minimum absolute atomic E-state index is 0.196. The Morgan fingerprint density at radius 1 is 1.20 bits per heavy atom. The van der Waals surface area contributed by atoms with E-state index >= 15 is 0 Å². The zero-order valence-electron chi connectivity index (χ0n) is 12.0. The average molecular weight is 294 g/mol. The van der Waals surface area contributed by atoms with Gasteiger partial charge in [0.2, 0.25) is 5.91 Å². The predicted molar refractivity (Wildman–Crippen MR) is 85.3 cm³/mol. The number of amides is 1. The van der Waals surface area contributed by atoms with Gasteiger partial charge in [-0.15, -0.1) is 11.6 Å². The van der Waals surface area contributed by atoms with Gasteiger partial charge in [-0.25, -0.2) is 0 Å². The van der Waals surface area contributed by atoms with Crippen LogP contribution in [-0.2, 0) is 11.2 Å². The van der Waals surface area contributed by atoms with Gasteiger partial charge in [-0.05, 0) is 43.4 Å². The fraction of sp³-hybridized carbons (Fsp3) is 0.588. The highest BCUT2D eigenvalue weighted by Crippen LogP contribution is 2.24. The molecule has 2 nitrogen and oxygen atoms in total. The van der Waals surface area contributed by atoms with Crippen molar-refractivity contribution in [3.63, 3.8) is 0 Å². The number of alkyl halides is 1. The lowest BCUT2D eigenvalue weighted by Gasteiger charge is -2.14. The number of carbonyl (C=O) groups excluding carboxylic acids is 1. The molecule has 0 bridgehead atoms. The molecule has 1 aliphatic rings. The monoisotopic (exact) mass is 293 g/mol. The highest BCUT2D eigenvalue weighted by Gasteiger charge is 2.19. The maximum absolute atomic E-state index is 12.3. The first-order valence-electron chi connectivity index (χ1n) is 7.75. The molecule has 1 aromatic rings. The lowest BCUT2D eigenvalue weighted by atomic mass is 9.99. The second kappa shape index (κ2) is 8.31. The van der Waals surface area contributed by atoms with Crippen LogP contribution in [0.3, 0.4) is 0 Å². The molecule has 0 spiro atoms. The third kappa shape index (κ3) is 4.82. The van der Waals surface area contributed by atoms with Crippen molar-refractivity contribution in [2.45, 2.75) is 51.4 Å². The molecule has 1 amide bonds. The molecule has 0 saturated heterocycles. The normalized spacial score (nSPS) is 16.6. The van der Waals surface area contributed by atoms with Crippen LogP contribution in [0.5, 0.6) is 0 Å². The summed E-state index contributed by atoms with van der Waals surface area (Å²) in [6.07, 6.45) is 8.95. The Morgan fingerprint density at radius 3 is 2.65 bits per heavy atom. The Hall–Kier alpha value is -1.02. The molecule has 1 aromatic carbocycles. The van der Waals surface area contributed by atoms with E-state index in [-0.39, 0.29) is 11.8 Å². The van der Waals surface area contributed by atoms with Crippen LogP contribution in [-0.4, -0.2) is 11.8 Å². The summed E-state index contributed by atoms with van der Waals surface area (Å²) >= 11 is 5.72. The van der Waals surface area contributed by atoms with E-state index in [4.69, 9.17) is 11.6 Å². The molecule has 1 saturated carbocycles. The van der Waals surface area contributed by atoms with E-state index < -0.39 is 0 Å². The largest absolute Gasteiger partial charge is 0.326 e. The summed E-state index contributed by atoms with van der Waals surface area (Å²) in [6, 6.07) is 8.14. The van der Waals surface area contributed by atoms with E-state index in [0.717, 1.165) is 31.4 Å². The second-order valence-corrected chi connectivity index (χ2v) is 6.05. The number of hydrogen-bond donors (Lipinski definition) is 1. The van der Waals surface area contributed by atoms with Gasteiger partial charge in [0.05, 0.1) is 0 Å². The first-order valence-corrected chi connectivity index (χ1v) is 8.29. The molecule has 0 unspecified atom stereocenters. The molecule has 0 aliphatic heterocycles. The van der Waals surface area contributed by atoms with Crippen molar-refractivity contribution in [3.05, 3.63) is 29.8 Å². The first kappa shape index (κ1) is 15.4. The van der Waals surface area contributed by atoms with E-state index in [9.17, 15) is 4.79 Å². The zero-order valence-corrected chi connectivity index (χ0v) is 12.8. The van der Waals surface area contributed by atoms with E-state index in [1.54, 1.807) is 0 Å². The molecule has 110 valence electrons. The fourth-order valence-corrected chi connectivity index (χ4v) is 3.00. The maximum atomic E-state index is 12.3. The number of nitrogens with one attached hydrogen (secondary N) is 1. The van der Waals surface area contributed by atoms with Crippen LogP contribution in [0.25, 0.3) is 0 Å². The lowest BCUT2D eigenvalue weighted by Crippen LogP contribution is -2.22. The van der Waals surface area contributed by atoms with Crippen molar-refractivity contribution in [1.82, 2.24) is 0 Å². The summed E-state index contributed by atoms with van der Waals surface area (Å²) in [7, 11) is 0. The summed E-state index contributed by atoms with van der Waals surface area (Å²) < 4.78 is 0. The van der Waals surface area contributed by atoms with Crippen LogP contribution in [0.4, 0.5) is 5.69 Å². The average Bonchev–Trinajstić information content (AvgIpc) is 2.74. The Bertz CT molecular complexity index is 425. The topological polar surface area (TPSA) is 29.1 Å². The van der Waals surface area contributed by atoms with Gasteiger partial charge < -0.3 is 5.32 Å². The van der Waals surface area contributed by atoms with Crippen LogP contribution in [0.1, 0.15) is 50.5 Å². The summed E-state index contributed by atoms with van der Waals surface area (Å²) in [5.41, 5.74) is 2.16. The van der Waals surface area contributed by atoms with E-state index in [1.165, 1.54) is 31.2 Å². The minimum atomic E-state index is 0.196. The van der Waals surface area contributed by atoms with E-state index in [0.29, 0.717) is 5.88 Å². The molecule has 1 aliphatic carbocycles. The van der Waals surface area contributed by atoms with Gasteiger partial charge >= 0.3 is 0 Å². The number of anilines is 1. The number of halogens is 1. The number of hydrogen-bond acceptors (Lipinski definition) is 1. The van der Waals surface area contributed by atoms with Crippen LogP contribution in [0.15, 0.2) is 24.3 Å². The SMILES string of the molecule is O=C(Nc1cccc(CCCCl)c1)C1CCCCCC1. The predicted octanol–water partition coefficient (Wildman–Crippen LogP) is 4.77. The molecule has 1 N–H and O–H groups in total. The van der Waals surface area contributed by atoms with Crippen molar-refractivity contribution in [2.24, 2.45) is 5.92 Å². The van der Waals surface area contributed by atoms with Crippen LogP contribution in [0, 0.1) is 5.92 Å². The van der Waals surface area contributed by atoms with Crippen molar-refractivity contribution in [2.75, 3.05) is 11.2 Å². The summed E-state index contributed by atoms with van der Waals surface area (Å²) in [6.45, 7) is 0. The van der Waals surface area contributed by atoms with Crippen LogP contribution in [0.2, 0.25) is 0 Å². The van der Waals surface area contributed by atoms with Gasteiger partial charge in [0.15, 0.2) is 0 Å². The van der Waals surface area contributed by atoms with Crippen molar-refractivity contribution < 1.29 is 4.79 Å². The molecular weight excluding hydrogens is 270 g/mol. The van der Waals surface area contributed by atoms with Gasteiger partial charge in [0.25, 0.3) is 0 Å². The van der Waals surface area contributed by atoms with Gasteiger partial charge in [-0.3, -0.25) is 4.79 Å². The Labute approximate surface area is 126 Å².